The molecule has 0 saturated carbocycles. The van der Waals surface area contributed by atoms with E-state index >= 15 is 0 Å². The molecule has 1 aromatic carbocycles. The van der Waals surface area contributed by atoms with Crippen molar-refractivity contribution >= 4 is 11.8 Å². The third-order valence-corrected chi connectivity index (χ3v) is 4.46. The van der Waals surface area contributed by atoms with E-state index in [0.29, 0.717) is 28.4 Å². The monoisotopic (exact) mass is 372 g/mol. The fourth-order valence-corrected chi connectivity index (χ4v) is 3.16. The Bertz CT molecular complexity index is 1060. The maximum Gasteiger partial charge on any atom is 0.251 e. The maximum atomic E-state index is 13.4. The Hall–Kier alpha value is -3.01. The predicted octanol–water partition coefficient (Wildman–Crippen LogP) is 3.35. The summed E-state index contributed by atoms with van der Waals surface area (Å²) in [5.41, 5.74) is 1.31. The van der Waals surface area contributed by atoms with Gasteiger partial charge in [0, 0.05) is 0 Å². The van der Waals surface area contributed by atoms with Gasteiger partial charge in [0.25, 0.3) is 5.89 Å². The Morgan fingerprint density at radius 1 is 1.12 bits per heavy atom. The van der Waals surface area contributed by atoms with E-state index in [-0.39, 0.29) is 5.82 Å². The molecule has 0 atom stereocenters. The number of rotatable bonds is 5. The van der Waals surface area contributed by atoms with Crippen LogP contribution in [0.2, 0.25) is 0 Å². The third kappa shape index (κ3) is 3.23. The molecule has 3 aromatic heterocycles. The van der Waals surface area contributed by atoms with E-state index in [0.717, 1.165) is 17.1 Å². The van der Waals surface area contributed by atoms with Crippen molar-refractivity contribution in [2.24, 2.45) is 0 Å². The highest BCUT2D eigenvalue weighted by Crippen LogP contribution is 2.27. The zero-order valence-electron chi connectivity index (χ0n) is 13.9. The fourth-order valence-electron chi connectivity index (χ4n) is 2.43. The van der Waals surface area contributed by atoms with Gasteiger partial charge in [-0.2, -0.15) is 4.68 Å². The van der Waals surface area contributed by atoms with Gasteiger partial charge in [-0.3, -0.25) is 0 Å². The van der Waals surface area contributed by atoms with Crippen LogP contribution in [-0.2, 0) is 5.75 Å². The summed E-state index contributed by atoms with van der Waals surface area (Å²) in [5, 5.41) is 20.1. The number of aromatic nitrogens is 6. The first-order chi connectivity index (χ1) is 12.6. The van der Waals surface area contributed by atoms with E-state index in [9.17, 15) is 4.39 Å². The summed E-state index contributed by atoms with van der Waals surface area (Å²) in [6, 6.07) is 7.89. The third-order valence-electron chi connectivity index (χ3n) is 3.56. The van der Waals surface area contributed by atoms with Gasteiger partial charge in [-0.1, -0.05) is 17.8 Å². The maximum absolute atomic E-state index is 13.4. The van der Waals surface area contributed by atoms with Gasteiger partial charge in [0.1, 0.15) is 17.3 Å². The highest BCUT2D eigenvalue weighted by Gasteiger charge is 2.16. The molecule has 0 unspecified atom stereocenters. The molecule has 0 amide bonds. The minimum absolute atomic E-state index is 0.360. The van der Waals surface area contributed by atoms with Gasteiger partial charge in [-0.05, 0) is 48.5 Å². The average Bonchev–Trinajstić information content (AvgIpc) is 3.32. The second-order valence-electron chi connectivity index (χ2n) is 5.47. The number of hydrogen-bond acceptors (Lipinski definition) is 8. The molecule has 0 aliphatic carbocycles. The van der Waals surface area contributed by atoms with Crippen LogP contribution in [0.25, 0.3) is 17.1 Å². The van der Waals surface area contributed by atoms with E-state index in [1.165, 1.54) is 28.6 Å². The fraction of sp³-hybridized carbons (Fsp3) is 0.188. The highest BCUT2D eigenvalue weighted by molar-refractivity contribution is 7.98. The molecule has 0 saturated heterocycles. The summed E-state index contributed by atoms with van der Waals surface area (Å²) >= 11 is 1.31. The number of benzene rings is 1. The number of nitrogens with zero attached hydrogens (tertiary/aromatic N) is 6. The minimum atomic E-state index is -0.360. The Morgan fingerprint density at radius 2 is 2.00 bits per heavy atom. The summed E-state index contributed by atoms with van der Waals surface area (Å²) in [6.07, 6.45) is 0. The van der Waals surface area contributed by atoms with Crippen molar-refractivity contribution in [1.29, 1.82) is 0 Å². The van der Waals surface area contributed by atoms with Gasteiger partial charge in [0.05, 0.1) is 17.0 Å². The lowest BCUT2D eigenvalue weighted by Crippen LogP contribution is -1.99. The van der Waals surface area contributed by atoms with Crippen LogP contribution in [0, 0.1) is 19.7 Å². The van der Waals surface area contributed by atoms with Crippen molar-refractivity contribution in [3.63, 3.8) is 0 Å². The Balaban J connectivity index is 1.51. The van der Waals surface area contributed by atoms with Crippen molar-refractivity contribution in [3.8, 4) is 17.1 Å². The lowest BCUT2D eigenvalue weighted by Gasteiger charge is -2.02. The van der Waals surface area contributed by atoms with Crippen LogP contribution < -0.4 is 0 Å². The molecule has 0 radical (unpaired) electrons. The molecule has 132 valence electrons. The standard InChI is InChI=1S/C16H13FN6O2S/c1-9-6-13(10(2)24-9)15-19-18-14(25-15)8-26-16-20-21-22-23(16)12-5-3-4-11(17)7-12/h3-7H,8H2,1-2H3. The summed E-state index contributed by atoms with van der Waals surface area (Å²) in [4.78, 5) is 0. The molecule has 0 aliphatic heterocycles. The van der Waals surface area contributed by atoms with Gasteiger partial charge in [0.2, 0.25) is 11.0 Å². The number of furan rings is 1. The molecule has 4 aromatic rings. The van der Waals surface area contributed by atoms with Gasteiger partial charge in [0.15, 0.2) is 0 Å². The minimum Gasteiger partial charge on any atom is -0.466 e. The van der Waals surface area contributed by atoms with Crippen LogP contribution in [-0.4, -0.2) is 30.4 Å². The van der Waals surface area contributed by atoms with Gasteiger partial charge < -0.3 is 8.83 Å². The molecule has 0 bridgehead atoms. The Labute approximate surface area is 151 Å². The van der Waals surface area contributed by atoms with Crippen LogP contribution in [0.4, 0.5) is 4.39 Å². The van der Waals surface area contributed by atoms with E-state index in [1.54, 1.807) is 12.1 Å². The van der Waals surface area contributed by atoms with Crippen molar-refractivity contribution in [2.75, 3.05) is 0 Å². The van der Waals surface area contributed by atoms with Crippen molar-refractivity contribution in [3.05, 3.63) is 53.6 Å². The highest BCUT2D eigenvalue weighted by atomic mass is 32.2. The van der Waals surface area contributed by atoms with Gasteiger partial charge >= 0.3 is 0 Å². The Kier molecular flexibility index (Phi) is 4.25. The first kappa shape index (κ1) is 16.5. The van der Waals surface area contributed by atoms with Crippen LogP contribution in [0.15, 0.2) is 44.3 Å². The van der Waals surface area contributed by atoms with Gasteiger partial charge in [-0.25, -0.2) is 4.39 Å². The number of tetrazole rings is 1. The molecule has 3 heterocycles. The second kappa shape index (κ2) is 6.71. The van der Waals surface area contributed by atoms with Crippen LogP contribution in [0.1, 0.15) is 17.4 Å². The lowest BCUT2D eigenvalue weighted by atomic mass is 10.2. The van der Waals surface area contributed by atoms with Crippen molar-refractivity contribution < 1.29 is 13.2 Å². The Morgan fingerprint density at radius 3 is 2.77 bits per heavy atom. The average molecular weight is 372 g/mol. The molecule has 10 heteroatoms. The molecule has 8 nitrogen and oxygen atoms in total. The zero-order valence-corrected chi connectivity index (χ0v) is 14.7. The molecule has 0 spiro atoms. The largest absolute Gasteiger partial charge is 0.466 e. The number of hydrogen-bond donors (Lipinski definition) is 0. The van der Waals surface area contributed by atoms with E-state index in [4.69, 9.17) is 8.83 Å². The first-order valence-corrected chi connectivity index (χ1v) is 8.65. The van der Waals surface area contributed by atoms with Crippen molar-refractivity contribution in [2.45, 2.75) is 24.8 Å². The SMILES string of the molecule is Cc1cc(-c2nnc(CSc3nnnn3-c3cccc(F)c3)o2)c(C)o1. The van der Waals surface area contributed by atoms with Crippen LogP contribution in [0.3, 0.4) is 0 Å². The number of halogens is 1. The summed E-state index contributed by atoms with van der Waals surface area (Å²) < 4.78 is 26.0. The number of thioether (sulfide) groups is 1. The normalized spacial score (nSPS) is 11.2. The van der Waals surface area contributed by atoms with E-state index in [2.05, 4.69) is 25.7 Å². The van der Waals surface area contributed by atoms with Crippen molar-refractivity contribution in [1.82, 2.24) is 30.4 Å². The summed E-state index contributed by atoms with van der Waals surface area (Å²) in [5.74, 6) is 2.35. The quantitative estimate of drug-likeness (QED) is 0.492. The first-order valence-electron chi connectivity index (χ1n) is 7.67. The number of aryl methyl sites for hydroxylation is 2. The molecule has 0 aliphatic rings. The lowest BCUT2D eigenvalue weighted by molar-refractivity contribution is 0.499. The smallest absolute Gasteiger partial charge is 0.251 e. The van der Waals surface area contributed by atoms with Gasteiger partial charge in [-0.15, -0.1) is 15.3 Å². The van der Waals surface area contributed by atoms with E-state index in [1.807, 2.05) is 19.9 Å². The molecular weight excluding hydrogens is 359 g/mol. The zero-order chi connectivity index (χ0) is 18.1. The van der Waals surface area contributed by atoms with Crippen LogP contribution >= 0.6 is 11.8 Å². The molecular formula is C16H13FN6O2S. The predicted molar refractivity (Wildman–Crippen MR) is 90.1 cm³/mol. The molecule has 0 fully saturated rings. The summed E-state index contributed by atoms with van der Waals surface area (Å²) in [7, 11) is 0. The summed E-state index contributed by atoms with van der Waals surface area (Å²) in [6.45, 7) is 3.70. The van der Waals surface area contributed by atoms with E-state index < -0.39 is 0 Å². The molecule has 0 N–H and O–H groups in total. The topological polar surface area (TPSA) is 95.7 Å². The molecule has 26 heavy (non-hydrogen) atoms. The molecule has 4 rings (SSSR count). The second-order valence-corrected chi connectivity index (χ2v) is 6.41. The van der Waals surface area contributed by atoms with Crippen LogP contribution in [0.5, 0.6) is 0 Å².